The van der Waals surface area contributed by atoms with Crippen molar-refractivity contribution < 1.29 is 0 Å². The van der Waals surface area contributed by atoms with Crippen LogP contribution in [0.25, 0.3) is 0 Å². The first-order valence-electron chi connectivity index (χ1n) is 3.90. The predicted molar refractivity (Wildman–Crippen MR) is 51.4 cm³/mol. The Morgan fingerprint density at radius 3 is 3.00 bits per heavy atom. The molecule has 0 aliphatic heterocycles. The standard InChI is InChI=1S/C8H10N4S/c1-12-7(2-3-11-12)8(9)6-4-13-5-10-6/h2-5,8H,9H2,1H3. The van der Waals surface area contributed by atoms with Gasteiger partial charge in [0.15, 0.2) is 0 Å². The van der Waals surface area contributed by atoms with Crippen molar-refractivity contribution in [1.82, 2.24) is 14.8 Å². The smallest absolute Gasteiger partial charge is 0.0905 e. The summed E-state index contributed by atoms with van der Waals surface area (Å²) in [4.78, 5) is 4.17. The van der Waals surface area contributed by atoms with Gasteiger partial charge in [-0.25, -0.2) is 4.98 Å². The molecule has 2 N–H and O–H groups in total. The maximum atomic E-state index is 5.99. The summed E-state index contributed by atoms with van der Waals surface area (Å²) in [6.45, 7) is 0. The van der Waals surface area contributed by atoms with E-state index in [-0.39, 0.29) is 6.04 Å². The van der Waals surface area contributed by atoms with Crippen molar-refractivity contribution in [2.75, 3.05) is 0 Å². The number of nitrogens with two attached hydrogens (primary N) is 1. The molecule has 2 aromatic rings. The molecule has 0 aliphatic rings. The monoisotopic (exact) mass is 194 g/mol. The Kier molecular flexibility index (Phi) is 2.12. The molecule has 68 valence electrons. The summed E-state index contributed by atoms with van der Waals surface area (Å²) < 4.78 is 1.77. The molecule has 1 atom stereocenters. The molecule has 0 aromatic carbocycles. The highest BCUT2D eigenvalue weighted by Crippen LogP contribution is 2.17. The maximum Gasteiger partial charge on any atom is 0.0905 e. The summed E-state index contributed by atoms with van der Waals surface area (Å²) >= 11 is 1.55. The molecule has 13 heavy (non-hydrogen) atoms. The molecule has 0 spiro atoms. The lowest BCUT2D eigenvalue weighted by molar-refractivity contribution is 0.666. The van der Waals surface area contributed by atoms with Gasteiger partial charge in [-0.3, -0.25) is 4.68 Å². The first-order valence-corrected chi connectivity index (χ1v) is 4.85. The Labute approximate surface area is 80.0 Å². The molecule has 5 heteroatoms. The van der Waals surface area contributed by atoms with E-state index in [1.807, 2.05) is 18.5 Å². The summed E-state index contributed by atoms with van der Waals surface area (Å²) in [6, 6.07) is 1.74. The second kappa shape index (κ2) is 3.27. The van der Waals surface area contributed by atoms with Gasteiger partial charge in [-0.15, -0.1) is 11.3 Å². The Hall–Kier alpha value is -1.20. The van der Waals surface area contributed by atoms with Crippen molar-refractivity contribution in [3.8, 4) is 0 Å². The van der Waals surface area contributed by atoms with E-state index in [2.05, 4.69) is 10.1 Å². The third-order valence-electron chi connectivity index (χ3n) is 1.95. The van der Waals surface area contributed by atoms with Crippen molar-refractivity contribution in [3.05, 3.63) is 34.5 Å². The van der Waals surface area contributed by atoms with E-state index >= 15 is 0 Å². The largest absolute Gasteiger partial charge is 0.318 e. The fraction of sp³-hybridized carbons (Fsp3) is 0.250. The second-order valence-corrected chi connectivity index (χ2v) is 3.49. The lowest BCUT2D eigenvalue weighted by atomic mass is 10.2. The van der Waals surface area contributed by atoms with Crippen LogP contribution in [0.3, 0.4) is 0 Å². The van der Waals surface area contributed by atoms with Crippen LogP contribution in [0.5, 0.6) is 0 Å². The summed E-state index contributed by atoms with van der Waals surface area (Å²) in [5.41, 5.74) is 9.65. The van der Waals surface area contributed by atoms with Crippen LogP contribution in [0.4, 0.5) is 0 Å². The number of aromatic nitrogens is 3. The quantitative estimate of drug-likeness (QED) is 0.773. The molecule has 0 saturated heterocycles. The highest BCUT2D eigenvalue weighted by Gasteiger charge is 2.13. The van der Waals surface area contributed by atoms with E-state index in [0.29, 0.717) is 0 Å². The van der Waals surface area contributed by atoms with Crippen LogP contribution in [0.2, 0.25) is 0 Å². The minimum Gasteiger partial charge on any atom is -0.318 e. The molecule has 0 fully saturated rings. The molecular weight excluding hydrogens is 184 g/mol. The van der Waals surface area contributed by atoms with Crippen molar-refractivity contribution >= 4 is 11.3 Å². The van der Waals surface area contributed by atoms with E-state index in [1.165, 1.54) is 0 Å². The van der Waals surface area contributed by atoms with E-state index in [4.69, 9.17) is 5.73 Å². The molecule has 0 saturated carbocycles. The topological polar surface area (TPSA) is 56.7 Å². The van der Waals surface area contributed by atoms with Crippen molar-refractivity contribution in [3.63, 3.8) is 0 Å². The van der Waals surface area contributed by atoms with Gasteiger partial charge in [0.25, 0.3) is 0 Å². The minimum absolute atomic E-state index is 0.168. The Balaban J connectivity index is 2.33. The molecule has 0 radical (unpaired) electrons. The second-order valence-electron chi connectivity index (χ2n) is 2.77. The molecule has 0 bridgehead atoms. The van der Waals surface area contributed by atoms with Gasteiger partial charge in [-0.2, -0.15) is 5.10 Å². The Morgan fingerprint density at radius 1 is 1.62 bits per heavy atom. The molecule has 1 unspecified atom stereocenters. The van der Waals surface area contributed by atoms with Crippen LogP contribution in [-0.2, 0) is 7.05 Å². The zero-order chi connectivity index (χ0) is 9.26. The molecule has 2 heterocycles. The summed E-state index contributed by atoms with van der Waals surface area (Å²) in [5.74, 6) is 0. The van der Waals surface area contributed by atoms with Gasteiger partial charge in [0.1, 0.15) is 0 Å². The molecule has 2 aromatic heterocycles. The van der Waals surface area contributed by atoms with Crippen LogP contribution >= 0.6 is 11.3 Å². The van der Waals surface area contributed by atoms with Crippen LogP contribution in [0.15, 0.2) is 23.2 Å². The fourth-order valence-electron chi connectivity index (χ4n) is 1.22. The lowest BCUT2D eigenvalue weighted by Gasteiger charge is -2.08. The zero-order valence-electron chi connectivity index (χ0n) is 7.21. The van der Waals surface area contributed by atoms with Crippen molar-refractivity contribution in [1.29, 1.82) is 0 Å². The summed E-state index contributed by atoms with van der Waals surface area (Å²) in [7, 11) is 1.88. The van der Waals surface area contributed by atoms with Gasteiger partial charge in [0.05, 0.1) is 22.9 Å². The number of hydrogen-bond donors (Lipinski definition) is 1. The van der Waals surface area contributed by atoms with Gasteiger partial charge in [-0.1, -0.05) is 0 Å². The molecule has 0 aliphatic carbocycles. The number of hydrogen-bond acceptors (Lipinski definition) is 4. The first-order chi connectivity index (χ1) is 6.29. The average molecular weight is 194 g/mol. The molecule has 2 rings (SSSR count). The Bertz CT molecular complexity index is 379. The van der Waals surface area contributed by atoms with E-state index < -0.39 is 0 Å². The molecule has 4 nitrogen and oxygen atoms in total. The van der Waals surface area contributed by atoms with Gasteiger partial charge in [0.2, 0.25) is 0 Å². The highest BCUT2D eigenvalue weighted by atomic mass is 32.1. The van der Waals surface area contributed by atoms with Crippen LogP contribution in [0.1, 0.15) is 17.4 Å². The first kappa shape index (κ1) is 8.40. The van der Waals surface area contributed by atoms with Gasteiger partial charge >= 0.3 is 0 Å². The zero-order valence-corrected chi connectivity index (χ0v) is 8.03. The third-order valence-corrected chi connectivity index (χ3v) is 2.55. The number of nitrogens with zero attached hydrogens (tertiary/aromatic N) is 3. The van der Waals surface area contributed by atoms with Crippen LogP contribution < -0.4 is 5.73 Å². The summed E-state index contributed by atoms with van der Waals surface area (Å²) in [6.07, 6.45) is 1.74. The normalized spacial score (nSPS) is 13.1. The van der Waals surface area contributed by atoms with Gasteiger partial charge in [-0.05, 0) is 6.07 Å². The van der Waals surface area contributed by atoms with Crippen molar-refractivity contribution in [2.24, 2.45) is 12.8 Å². The van der Waals surface area contributed by atoms with Crippen LogP contribution in [0, 0.1) is 0 Å². The molecule has 0 amide bonds. The predicted octanol–water partition coefficient (Wildman–Crippen LogP) is 0.925. The average Bonchev–Trinajstić information content (AvgIpc) is 2.72. The lowest BCUT2D eigenvalue weighted by Crippen LogP contribution is -2.16. The van der Waals surface area contributed by atoms with Crippen molar-refractivity contribution in [2.45, 2.75) is 6.04 Å². The van der Waals surface area contributed by atoms with Crippen LogP contribution in [-0.4, -0.2) is 14.8 Å². The number of rotatable bonds is 2. The Morgan fingerprint density at radius 2 is 2.46 bits per heavy atom. The SMILES string of the molecule is Cn1nccc1C(N)c1cscn1. The number of aryl methyl sites for hydroxylation is 1. The maximum absolute atomic E-state index is 5.99. The highest BCUT2D eigenvalue weighted by molar-refractivity contribution is 7.07. The van der Waals surface area contributed by atoms with Gasteiger partial charge < -0.3 is 5.73 Å². The van der Waals surface area contributed by atoms with E-state index in [0.717, 1.165) is 11.4 Å². The fourth-order valence-corrected chi connectivity index (χ4v) is 1.81. The summed E-state index contributed by atoms with van der Waals surface area (Å²) in [5, 5.41) is 6.02. The number of thiazole rings is 1. The van der Waals surface area contributed by atoms with Gasteiger partial charge in [0, 0.05) is 18.6 Å². The molecular formula is C8H10N4S. The van der Waals surface area contributed by atoms with E-state index in [9.17, 15) is 0 Å². The van der Waals surface area contributed by atoms with E-state index in [1.54, 1.807) is 27.7 Å². The third kappa shape index (κ3) is 1.48. The minimum atomic E-state index is -0.168.